The average molecular weight is 208 g/mol. The number of hydrogen-bond acceptors (Lipinski definition) is 3. The molecule has 3 nitrogen and oxygen atoms in total. The number of ether oxygens (including phenoxy) is 1. The van der Waals surface area contributed by atoms with Gasteiger partial charge in [0.1, 0.15) is 0 Å². The van der Waals surface area contributed by atoms with E-state index in [1.165, 1.54) is 0 Å². The van der Waals surface area contributed by atoms with Crippen molar-refractivity contribution in [1.82, 2.24) is 0 Å². The molecular formula is C12H16O3. The van der Waals surface area contributed by atoms with Crippen LogP contribution in [0.5, 0.6) is 0 Å². The maximum absolute atomic E-state index is 9.65. The molecule has 0 amide bonds. The summed E-state index contributed by atoms with van der Waals surface area (Å²) in [5.74, 6) is 0. The molecule has 82 valence electrons. The quantitative estimate of drug-likeness (QED) is 0.769. The maximum Gasteiger partial charge on any atom is 0.0854 e. The van der Waals surface area contributed by atoms with E-state index in [2.05, 4.69) is 0 Å². The van der Waals surface area contributed by atoms with Gasteiger partial charge in [0.25, 0.3) is 0 Å². The zero-order valence-electron chi connectivity index (χ0n) is 8.54. The van der Waals surface area contributed by atoms with Crippen LogP contribution in [0.4, 0.5) is 0 Å². The molecule has 0 spiro atoms. The number of benzene rings is 1. The average Bonchev–Trinajstić information content (AvgIpc) is 2.29. The lowest BCUT2D eigenvalue weighted by Crippen LogP contribution is -2.33. The lowest BCUT2D eigenvalue weighted by atomic mass is 9.96. The smallest absolute Gasteiger partial charge is 0.0854 e. The van der Waals surface area contributed by atoms with Gasteiger partial charge in [0.05, 0.1) is 24.9 Å². The van der Waals surface area contributed by atoms with Crippen LogP contribution in [0.15, 0.2) is 30.3 Å². The van der Waals surface area contributed by atoms with Crippen molar-refractivity contribution in [2.24, 2.45) is 0 Å². The van der Waals surface area contributed by atoms with Crippen LogP contribution in [0.1, 0.15) is 24.5 Å². The lowest BCUT2D eigenvalue weighted by Gasteiger charge is -2.32. The summed E-state index contributed by atoms with van der Waals surface area (Å²) in [7, 11) is 0. The van der Waals surface area contributed by atoms with E-state index in [4.69, 9.17) is 9.84 Å². The van der Waals surface area contributed by atoms with Gasteiger partial charge in [0, 0.05) is 12.8 Å². The normalized spacial score (nSPS) is 31.5. The largest absolute Gasteiger partial charge is 0.394 e. The minimum Gasteiger partial charge on any atom is -0.394 e. The highest BCUT2D eigenvalue weighted by Crippen LogP contribution is 2.30. The first kappa shape index (κ1) is 10.6. The van der Waals surface area contributed by atoms with Crippen molar-refractivity contribution in [1.29, 1.82) is 0 Å². The molecule has 3 atom stereocenters. The Morgan fingerprint density at radius 3 is 2.60 bits per heavy atom. The Balaban J connectivity index is 2.09. The summed E-state index contributed by atoms with van der Waals surface area (Å²) < 4.78 is 5.68. The van der Waals surface area contributed by atoms with Crippen molar-refractivity contribution in [3.05, 3.63) is 35.9 Å². The molecule has 2 rings (SSSR count). The molecule has 3 heteroatoms. The number of aliphatic hydroxyl groups excluding tert-OH is 2. The zero-order chi connectivity index (χ0) is 10.7. The highest BCUT2D eigenvalue weighted by Gasteiger charge is 2.28. The third-order valence-corrected chi connectivity index (χ3v) is 2.75. The Bertz CT molecular complexity index is 299. The molecule has 1 saturated heterocycles. The van der Waals surface area contributed by atoms with Crippen LogP contribution in [-0.4, -0.2) is 29.0 Å². The molecule has 1 fully saturated rings. The molecule has 0 saturated carbocycles. The molecule has 1 aliphatic rings. The fraction of sp³-hybridized carbons (Fsp3) is 0.500. The predicted octanol–water partition coefficient (Wildman–Crippen LogP) is 1.26. The first-order chi connectivity index (χ1) is 7.29. The van der Waals surface area contributed by atoms with Gasteiger partial charge in [-0.3, -0.25) is 0 Å². The topological polar surface area (TPSA) is 49.7 Å². The minimum absolute atomic E-state index is 0.0274. The van der Waals surface area contributed by atoms with E-state index in [1.807, 2.05) is 30.3 Å². The second-order valence-electron chi connectivity index (χ2n) is 3.97. The van der Waals surface area contributed by atoms with Crippen molar-refractivity contribution < 1.29 is 14.9 Å². The van der Waals surface area contributed by atoms with Gasteiger partial charge in [-0.25, -0.2) is 0 Å². The monoisotopic (exact) mass is 208 g/mol. The Morgan fingerprint density at radius 2 is 1.93 bits per heavy atom. The molecular weight excluding hydrogens is 192 g/mol. The molecule has 1 aromatic rings. The van der Waals surface area contributed by atoms with E-state index >= 15 is 0 Å². The van der Waals surface area contributed by atoms with Crippen LogP contribution < -0.4 is 0 Å². The second kappa shape index (κ2) is 4.75. The SMILES string of the molecule is OC[C@H]1C[C@@H](O)C[C@@H](c2ccccc2)O1. The summed E-state index contributed by atoms with van der Waals surface area (Å²) in [4.78, 5) is 0. The highest BCUT2D eigenvalue weighted by molar-refractivity contribution is 5.18. The van der Waals surface area contributed by atoms with Crippen molar-refractivity contribution >= 4 is 0 Å². The first-order valence-electron chi connectivity index (χ1n) is 5.29. The van der Waals surface area contributed by atoms with Crippen LogP contribution >= 0.6 is 0 Å². The van der Waals surface area contributed by atoms with Gasteiger partial charge in [0.2, 0.25) is 0 Å². The van der Waals surface area contributed by atoms with Gasteiger partial charge in [-0.2, -0.15) is 0 Å². The summed E-state index contributed by atoms with van der Waals surface area (Å²) >= 11 is 0. The molecule has 1 aliphatic heterocycles. The van der Waals surface area contributed by atoms with Crippen LogP contribution in [0, 0.1) is 0 Å². The van der Waals surface area contributed by atoms with Gasteiger partial charge >= 0.3 is 0 Å². The molecule has 0 unspecified atom stereocenters. The van der Waals surface area contributed by atoms with Gasteiger partial charge in [-0.1, -0.05) is 30.3 Å². The van der Waals surface area contributed by atoms with E-state index in [1.54, 1.807) is 0 Å². The van der Waals surface area contributed by atoms with Gasteiger partial charge in [-0.15, -0.1) is 0 Å². The number of aliphatic hydroxyl groups is 2. The standard InChI is InChI=1S/C12H16O3/c13-8-11-6-10(14)7-12(15-11)9-4-2-1-3-5-9/h1-5,10-14H,6-8H2/t10-,11-,12+/m1/s1. The Kier molecular flexibility index (Phi) is 3.36. The van der Waals surface area contributed by atoms with E-state index in [-0.39, 0.29) is 24.9 Å². The molecule has 0 aromatic heterocycles. The molecule has 15 heavy (non-hydrogen) atoms. The Hall–Kier alpha value is -0.900. The van der Waals surface area contributed by atoms with Crippen LogP contribution in [0.3, 0.4) is 0 Å². The summed E-state index contributed by atoms with van der Waals surface area (Å²) in [6, 6.07) is 9.82. The molecule has 0 bridgehead atoms. The minimum atomic E-state index is -0.374. The zero-order valence-corrected chi connectivity index (χ0v) is 8.54. The molecule has 1 heterocycles. The predicted molar refractivity (Wildman–Crippen MR) is 56.4 cm³/mol. The Morgan fingerprint density at radius 1 is 1.20 bits per heavy atom. The number of rotatable bonds is 2. The van der Waals surface area contributed by atoms with E-state index in [0.717, 1.165) is 5.56 Å². The van der Waals surface area contributed by atoms with Gasteiger partial charge in [-0.05, 0) is 5.56 Å². The summed E-state index contributed by atoms with van der Waals surface area (Å²) in [5, 5.41) is 18.7. The van der Waals surface area contributed by atoms with E-state index < -0.39 is 0 Å². The summed E-state index contributed by atoms with van der Waals surface area (Å²) in [6.07, 6.45) is 0.438. The number of hydrogen-bond donors (Lipinski definition) is 2. The summed E-state index contributed by atoms with van der Waals surface area (Å²) in [6.45, 7) is -0.0274. The van der Waals surface area contributed by atoms with E-state index in [9.17, 15) is 5.11 Å². The second-order valence-corrected chi connectivity index (χ2v) is 3.97. The van der Waals surface area contributed by atoms with Gasteiger partial charge < -0.3 is 14.9 Å². The fourth-order valence-corrected chi connectivity index (χ4v) is 1.99. The first-order valence-corrected chi connectivity index (χ1v) is 5.29. The van der Waals surface area contributed by atoms with Crippen LogP contribution in [0.25, 0.3) is 0 Å². The van der Waals surface area contributed by atoms with E-state index in [0.29, 0.717) is 12.8 Å². The maximum atomic E-state index is 9.65. The van der Waals surface area contributed by atoms with Crippen molar-refractivity contribution in [3.8, 4) is 0 Å². The fourth-order valence-electron chi connectivity index (χ4n) is 1.99. The highest BCUT2D eigenvalue weighted by atomic mass is 16.5. The van der Waals surface area contributed by atoms with Gasteiger partial charge in [0.15, 0.2) is 0 Å². The van der Waals surface area contributed by atoms with Crippen LogP contribution in [0.2, 0.25) is 0 Å². The van der Waals surface area contributed by atoms with Crippen molar-refractivity contribution in [3.63, 3.8) is 0 Å². The molecule has 0 radical (unpaired) electrons. The van der Waals surface area contributed by atoms with Crippen molar-refractivity contribution in [2.75, 3.05) is 6.61 Å². The van der Waals surface area contributed by atoms with Crippen LogP contribution in [-0.2, 0) is 4.74 Å². The molecule has 0 aliphatic carbocycles. The third kappa shape index (κ3) is 2.56. The lowest BCUT2D eigenvalue weighted by molar-refractivity contribution is -0.113. The Labute approximate surface area is 89.3 Å². The summed E-state index contributed by atoms with van der Waals surface area (Å²) in [5.41, 5.74) is 1.06. The van der Waals surface area contributed by atoms with Crippen molar-refractivity contribution in [2.45, 2.75) is 31.2 Å². The molecule has 2 N–H and O–H groups in total. The molecule has 1 aromatic carbocycles. The third-order valence-electron chi connectivity index (χ3n) is 2.75.